The quantitative estimate of drug-likeness (QED) is 0.708. The van der Waals surface area contributed by atoms with Crippen molar-refractivity contribution in [2.75, 3.05) is 14.2 Å². The number of carbonyl (C=O) groups excluding carboxylic acids is 2. The lowest BCUT2D eigenvalue weighted by atomic mass is 9.69. The minimum atomic E-state index is -0.612. The smallest absolute Gasteiger partial charge is 0.315 e. The van der Waals surface area contributed by atoms with Crippen molar-refractivity contribution in [1.82, 2.24) is 0 Å². The second-order valence-corrected chi connectivity index (χ2v) is 7.80. The van der Waals surface area contributed by atoms with Crippen molar-refractivity contribution >= 4 is 17.5 Å². The molecule has 0 saturated heterocycles. The Kier molecular flexibility index (Phi) is 5.53. The van der Waals surface area contributed by atoms with Crippen LogP contribution in [0.25, 0.3) is 0 Å². The monoisotopic (exact) mass is 403 g/mol. The molecule has 0 bridgehead atoms. The molecular formula is C25H25NO4. The van der Waals surface area contributed by atoms with Crippen LogP contribution in [0.5, 0.6) is 5.75 Å². The van der Waals surface area contributed by atoms with Gasteiger partial charge in [0.2, 0.25) is 0 Å². The number of methoxy groups -OCH3 is 2. The topological polar surface area (TPSA) is 65.0 Å². The van der Waals surface area contributed by atoms with E-state index < -0.39 is 11.8 Å². The van der Waals surface area contributed by atoms with E-state index in [1.54, 1.807) is 7.11 Å². The van der Waals surface area contributed by atoms with Crippen LogP contribution < -0.4 is 4.74 Å². The Bertz CT molecular complexity index is 1020. The summed E-state index contributed by atoms with van der Waals surface area (Å²) in [6.07, 6.45) is 1.10. The van der Waals surface area contributed by atoms with E-state index in [1.165, 1.54) is 7.11 Å². The molecule has 1 heterocycles. The van der Waals surface area contributed by atoms with Gasteiger partial charge in [-0.15, -0.1) is 0 Å². The lowest BCUT2D eigenvalue weighted by molar-refractivity contribution is -0.143. The van der Waals surface area contributed by atoms with Gasteiger partial charge in [0.05, 0.1) is 14.2 Å². The number of aliphatic imine (C=N–C) groups is 1. The van der Waals surface area contributed by atoms with Gasteiger partial charge in [0.1, 0.15) is 11.7 Å². The molecule has 1 unspecified atom stereocenters. The van der Waals surface area contributed by atoms with Gasteiger partial charge >= 0.3 is 5.97 Å². The first-order valence-corrected chi connectivity index (χ1v) is 10.1. The lowest BCUT2D eigenvalue weighted by Gasteiger charge is -2.36. The van der Waals surface area contributed by atoms with Crippen molar-refractivity contribution in [3.05, 3.63) is 77.0 Å². The highest BCUT2D eigenvalue weighted by molar-refractivity contribution is 6.09. The van der Waals surface area contributed by atoms with Crippen LogP contribution in [0, 0.1) is 5.92 Å². The van der Waals surface area contributed by atoms with Crippen LogP contribution in [-0.2, 0) is 14.3 Å². The summed E-state index contributed by atoms with van der Waals surface area (Å²) in [5.41, 5.74) is 4.15. The van der Waals surface area contributed by atoms with Gasteiger partial charge in [-0.2, -0.15) is 0 Å². The fraction of sp³-hybridized carbons (Fsp3) is 0.320. The third-order valence-corrected chi connectivity index (χ3v) is 6.09. The number of allylic oxidation sites excluding steroid dienone is 2. The summed E-state index contributed by atoms with van der Waals surface area (Å²) in [6, 6.07) is 17.6. The van der Waals surface area contributed by atoms with Crippen molar-refractivity contribution in [1.29, 1.82) is 0 Å². The molecular weight excluding hydrogens is 378 g/mol. The number of benzene rings is 2. The first-order valence-electron chi connectivity index (χ1n) is 10.1. The highest BCUT2D eigenvalue weighted by Crippen LogP contribution is 2.46. The molecule has 0 fully saturated rings. The van der Waals surface area contributed by atoms with Gasteiger partial charge in [0, 0.05) is 29.3 Å². The zero-order valence-electron chi connectivity index (χ0n) is 17.4. The highest BCUT2D eigenvalue weighted by Gasteiger charge is 2.44. The largest absolute Gasteiger partial charge is 0.497 e. The average Bonchev–Trinajstić information content (AvgIpc) is 2.78. The van der Waals surface area contributed by atoms with E-state index in [-0.39, 0.29) is 17.7 Å². The molecule has 0 N–H and O–H groups in total. The van der Waals surface area contributed by atoms with Crippen molar-refractivity contribution in [2.24, 2.45) is 10.9 Å². The fourth-order valence-corrected chi connectivity index (χ4v) is 4.62. The molecule has 0 amide bonds. The molecule has 0 spiro atoms. The van der Waals surface area contributed by atoms with Gasteiger partial charge in [-0.05, 0) is 42.5 Å². The Hall–Kier alpha value is -3.21. The number of hydrogen-bond donors (Lipinski definition) is 0. The zero-order chi connectivity index (χ0) is 21.3. The van der Waals surface area contributed by atoms with Crippen molar-refractivity contribution in [3.63, 3.8) is 0 Å². The first-order chi connectivity index (χ1) is 14.5. The van der Waals surface area contributed by atoms with Crippen molar-refractivity contribution < 1.29 is 19.1 Å². The van der Waals surface area contributed by atoms with E-state index in [1.807, 2.05) is 49.4 Å². The lowest BCUT2D eigenvalue weighted by Crippen LogP contribution is -2.37. The molecule has 2 aliphatic rings. The minimum Gasteiger partial charge on any atom is -0.497 e. The summed E-state index contributed by atoms with van der Waals surface area (Å²) in [6.45, 7) is 1.85. The summed E-state index contributed by atoms with van der Waals surface area (Å²) in [5, 5.41) is 0. The van der Waals surface area contributed by atoms with Gasteiger partial charge in [0.25, 0.3) is 0 Å². The van der Waals surface area contributed by atoms with E-state index in [0.29, 0.717) is 24.1 Å². The van der Waals surface area contributed by atoms with Gasteiger partial charge < -0.3 is 9.47 Å². The fourth-order valence-electron chi connectivity index (χ4n) is 4.62. The first kappa shape index (κ1) is 20.1. The van der Waals surface area contributed by atoms with Crippen LogP contribution in [-0.4, -0.2) is 31.7 Å². The number of rotatable bonds is 4. The van der Waals surface area contributed by atoms with E-state index in [9.17, 15) is 9.59 Å². The number of nitrogens with zero attached hydrogens (tertiary/aromatic N) is 1. The maximum atomic E-state index is 13.4. The van der Waals surface area contributed by atoms with Crippen LogP contribution in [0.3, 0.4) is 0 Å². The maximum Gasteiger partial charge on any atom is 0.315 e. The molecule has 4 rings (SSSR count). The maximum absolute atomic E-state index is 13.4. The standard InChI is InChI=1S/C25H25NO4/c1-15-22(25(28)30-3)23(17-9-11-19(29-2)12-10-17)24-20(26-15)13-18(14-21(24)27)16-7-5-4-6-8-16/h4-12,18,22-23H,13-14H2,1-3H3/t18-,22?,23+/m0/s1. The third kappa shape index (κ3) is 3.56. The Morgan fingerprint density at radius 3 is 2.30 bits per heavy atom. The Labute approximate surface area is 176 Å². The summed E-state index contributed by atoms with van der Waals surface area (Å²) in [4.78, 5) is 30.8. The number of Topliss-reactive ketones (excluding diaryl/α,β-unsaturated/α-hetero) is 1. The molecule has 30 heavy (non-hydrogen) atoms. The summed E-state index contributed by atoms with van der Waals surface area (Å²) in [7, 11) is 2.98. The van der Waals surface area contributed by atoms with Crippen molar-refractivity contribution in [2.45, 2.75) is 31.6 Å². The van der Waals surface area contributed by atoms with Gasteiger partial charge in [-0.25, -0.2) is 0 Å². The average molecular weight is 403 g/mol. The number of ketones is 1. The molecule has 0 aromatic heterocycles. The van der Waals surface area contributed by atoms with E-state index in [2.05, 4.69) is 12.1 Å². The molecule has 0 radical (unpaired) electrons. The van der Waals surface area contributed by atoms with Crippen molar-refractivity contribution in [3.8, 4) is 5.75 Å². The zero-order valence-corrected chi connectivity index (χ0v) is 17.4. The van der Waals surface area contributed by atoms with Gasteiger partial charge in [-0.3, -0.25) is 14.6 Å². The molecule has 1 aliphatic heterocycles. The molecule has 2 aromatic rings. The van der Waals surface area contributed by atoms with Crippen LogP contribution in [0.2, 0.25) is 0 Å². The van der Waals surface area contributed by atoms with E-state index >= 15 is 0 Å². The Morgan fingerprint density at radius 2 is 1.67 bits per heavy atom. The molecule has 5 heteroatoms. The highest BCUT2D eigenvalue weighted by atomic mass is 16.5. The molecule has 2 aromatic carbocycles. The third-order valence-electron chi connectivity index (χ3n) is 6.09. The van der Waals surface area contributed by atoms with Gasteiger partial charge in [-0.1, -0.05) is 42.5 Å². The predicted octanol–water partition coefficient (Wildman–Crippen LogP) is 4.44. The normalized spacial score (nSPS) is 23.5. The summed E-state index contributed by atoms with van der Waals surface area (Å²) < 4.78 is 10.4. The van der Waals surface area contributed by atoms with Crippen LogP contribution >= 0.6 is 0 Å². The summed E-state index contributed by atoms with van der Waals surface area (Å²) >= 11 is 0. The Balaban J connectivity index is 1.80. The molecule has 3 atom stereocenters. The number of carbonyl (C=O) groups is 2. The summed E-state index contributed by atoms with van der Waals surface area (Å²) in [5.74, 6) is -0.514. The molecule has 154 valence electrons. The van der Waals surface area contributed by atoms with Gasteiger partial charge in [0.15, 0.2) is 5.78 Å². The molecule has 1 aliphatic carbocycles. The Morgan fingerprint density at radius 1 is 0.967 bits per heavy atom. The van der Waals surface area contributed by atoms with Crippen LogP contribution in [0.1, 0.15) is 42.7 Å². The second kappa shape index (κ2) is 8.27. The number of ether oxygens (including phenoxy) is 2. The number of esters is 1. The second-order valence-electron chi connectivity index (χ2n) is 7.80. The van der Waals surface area contributed by atoms with E-state index in [4.69, 9.17) is 14.5 Å². The molecule has 5 nitrogen and oxygen atoms in total. The SMILES string of the molecule is COC(=O)C1C(C)=NC2=C(C(=O)C[C@@H](c3ccccc3)C2)[C@@H]1c1ccc(OC)cc1. The predicted molar refractivity (Wildman–Crippen MR) is 115 cm³/mol. The molecule has 0 saturated carbocycles. The number of hydrogen-bond acceptors (Lipinski definition) is 5. The van der Waals surface area contributed by atoms with E-state index in [0.717, 1.165) is 22.6 Å². The minimum absolute atomic E-state index is 0.0519. The van der Waals surface area contributed by atoms with Crippen LogP contribution in [0.4, 0.5) is 0 Å². The van der Waals surface area contributed by atoms with Crippen LogP contribution in [0.15, 0.2) is 70.9 Å².